The van der Waals surface area contributed by atoms with Crippen LogP contribution in [0.25, 0.3) is 20.7 Å². The number of nitrogens with two attached hydrogens (primary N) is 2. The van der Waals surface area contributed by atoms with Gasteiger partial charge >= 0.3 is 9.75 Å². The molecule has 0 aromatic carbocycles. The first-order chi connectivity index (χ1) is 40.0. The fraction of sp³-hybridized carbons (Fsp3) is 0.825. The number of rotatable bonds is 34. The molecule has 0 saturated carbocycles. The predicted molar refractivity (Wildman–Crippen MR) is 362 cm³/mol. The second-order valence-electron chi connectivity index (χ2n) is 23.4. The molecule has 2 saturated heterocycles. The summed E-state index contributed by atoms with van der Waals surface area (Å²) in [5.41, 5.74) is 13.1. The number of aryl methyl sites for hydroxylation is 1. The number of nitrogen functional groups attached to an aromatic ring is 2. The number of thiazole rings is 2. The first-order valence-electron chi connectivity index (χ1n) is 32.4. The van der Waals surface area contributed by atoms with Gasteiger partial charge in [0.2, 0.25) is 11.9 Å². The van der Waals surface area contributed by atoms with E-state index in [1.807, 2.05) is 6.92 Å². The molecule has 0 bridgehead atoms. The molecule has 2 fully saturated rings. The zero-order valence-corrected chi connectivity index (χ0v) is 62.6. The molecule has 19 nitrogen and oxygen atoms in total. The van der Waals surface area contributed by atoms with Crippen LogP contribution in [0.3, 0.4) is 0 Å². The number of H-pyrrole nitrogens is 1. The third-order valence-corrected chi connectivity index (χ3v) is 50.3. The molecule has 5 N–H and O–H groups in total. The predicted octanol–water partition coefficient (Wildman–Crippen LogP) is 13.9. The summed E-state index contributed by atoms with van der Waals surface area (Å²) in [6.45, 7) is 42.8. The minimum Gasteiger partial charge on any atom is -0.414 e. The Morgan fingerprint density at radius 2 is 0.738 bits per heavy atom. The summed E-state index contributed by atoms with van der Waals surface area (Å²) in [6.07, 6.45) is -4.01. The molecule has 4 aromatic rings. The van der Waals surface area contributed by atoms with Crippen LogP contribution in [0, 0.1) is 6.92 Å². The van der Waals surface area contributed by atoms with Crippen LogP contribution in [0.5, 0.6) is 0 Å². The second-order valence-corrected chi connectivity index (χ2v) is 53.8. The van der Waals surface area contributed by atoms with Crippen LogP contribution < -0.4 is 26.8 Å². The zero-order chi connectivity index (χ0) is 62.6. The van der Waals surface area contributed by atoms with E-state index in [0.717, 1.165) is 136 Å². The third-order valence-electron chi connectivity index (χ3n) is 20.5. The largest absolute Gasteiger partial charge is 0.414 e. The Morgan fingerprint density at radius 3 is 1.06 bits per heavy atom. The molecule has 6 rings (SSSR count). The Labute approximate surface area is 516 Å². The molecule has 480 valence electrons. The van der Waals surface area contributed by atoms with E-state index in [4.69, 9.17) is 47.5 Å². The Kier molecular flexibility index (Phi) is 27.3. The lowest BCUT2D eigenvalue weighted by Crippen LogP contribution is -2.52. The number of aromatic amines is 1. The summed E-state index contributed by atoms with van der Waals surface area (Å²) < 4.78 is 60.8. The molecule has 0 aliphatic carbocycles. The number of aromatic nitrogens is 6. The molecule has 0 unspecified atom stereocenters. The average molecular weight is 1320 g/mol. The molecule has 84 heavy (non-hydrogen) atoms. The van der Waals surface area contributed by atoms with E-state index < -0.39 is 92.3 Å². The molecular weight excluding hydrogens is 1210 g/mol. The van der Waals surface area contributed by atoms with Crippen molar-refractivity contribution >= 4 is 105 Å². The Bertz CT molecular complexity index is 2820. The molecule has 0 radical (unpaired) electrons. The third kappa shape index (κ3) is 15.4. The maximum absolute atomic E-state index is 13.7. The van der Waals surface area contributed by atoms with Gasteiger partial charge in [-0.05, 0) is 116 Å². The van der Waals surface area contributed by atoms with Gasteiger partial charge in [-0.3, -0.25) is 28.5 Å². The molecule has 0 amide bonds. The van der Waals surface area contributed by atoms with Crippen molar-refractivity contribution in [3.63, 3.8) is 0 Å². The van der Waals surface area contributed by atoms with Crippen LogP contribution in [0.15, 0.2) is 14.4 Å². The summed E-state index contributed by atoms with van der Waals surface area (Å²) in [4.78, 5) is 55.4. The zero-order valence-electron chi connectivity index (χ0n) is 55.0. The van der Waals surface area contributed by atoms with Gasteiger partial charge in [-0.1, -0.05) is 147 Å². The van der Waals surface area contributed by atoms with Crippen LogP contribution >= 0.6 is 22.7 Å². The fourth-order valence-electron chi connectivity index (χ4n) is 12.9. The summed E-state index contributed by atoms with van der Waals surface area (Å²) in [6, 6.07) is 18.0. The van der Waals surface area contributed by atoms with Crippen molar-refractivity contribution in [3.05, 3.63) is 35.4 Å². The van der Waals surface area contributed by atoms with E-state index in [2.05, 4.69) is 145 Å². The number of anilines is 2. The van der Waals surface area contributed by atoms with Gasteiger partial charge in [-0.15, -0.1) is 0 Å². The molecule has 6 heterocycles. The normalized spacial score (nSPS) is 21.9. The van der Waals surface area contributed by atoms with E-state index in [9.17, 15) is 14.4 Å². The highest BCUT2D eigenvalue weighted by molar-refractivity contribution is 7.16. The Balaban J connectivity index is 0.000000307. The highest BCUT2D eigenvalue weighted by Crippen LogP contribution is 2.44. The van der Waals surface area contributed by atoms with Gasteiger partial charge in [0.25, 0.3) is 5.56 Å². The maximum Gasteiger partial charge on any atom is 0.311 e. The van der Waals surface area contributed by atoms with Gasteiger partial charge in [0.15, 0.2) is 73.7 Å². The van der Waals surface area contributed by atoms with Crippen molar-refractivity contribution in [1.29, 1.82) is 0 Å². The molecule has 2 aliphatic rings. The summed E-state index contributed by atoms with van der Waals surface area (Å²) in [5.74, 6) is 0.105. The average Bonchev–Trinajstić information content (AvgIpc) is 1.88. The van der Waals surface area contributed by atoms with Gasteiger partial charge in [-0.2, -0.15) is 9.97 Å². The van der Waals surface area contributed by atoms with E-state index in [0.29, 0.717) is 24.6 Å². The van der Waals surface area contributed by atoms with E-state index in [1.165, 1.54) is 4.57 Å². The quantitative estimate of drug-likeness (QED) is 0.0368. The van der Waals surface area contributed by atoms with Gasteiger partial charge < -0.3 is 47.5 Å². The lowest BCUT2D eigenvalue weighted by atomic mass is 10.1. The van der Waals surface area contributed by atoms with Crippen LogP contribution in [-0.4, -0.2) is 129 Å². The minimum atomic E-state index is -2.20. The first-order valence-corrected chi connectivity index (χ1v) is 49.2. The van der Waals surface area contributed by atoms with Gasteiger partial charge in [0, 0.05) is 0 Å². The van der Waals surface area contributed by atoms with Crippen molar-refractivity contribution in [2.24, 2.45) is 0 Å². The highest BCUT2D eigenvalue weighted by Gasteiger charge is 2.56. The van der Waals surface area contributed by atoms with Crippen LogP contribution in [-0.2, 0) is 36.0 Å². The Morgan fingerprint density at radius 1 is 0.440 bits per heavy atom. The van der Waals surface area contributed by atoms with E-state index in [1.54, 1.807) is 4.57 Å². The number of ether oxygens (including phenoxy) is 2. The monoisotopic (exact) mass is 1310 g/mol. The number of hydrogen-bond donors (Lipinski definition) is 3. The van der Waals surface area contributed by atoms with Crippen molar-refractivity contribution in [2.45, 2.75) is 289 Å². The van der Waals surface area contributed by atoms with Gasteiger partial charge in [0.1, 0.15) is 41.3 Å². The van der Waals surface area contributed by atoms with Crippen LogP contribution in [0.1, 0.15) is 143 Å². The fourth-order valence-corrected chi connectivity index (χ4v) is 31.3. The summed E-state index contributed by atoms with van der Waals surface area (Å²) in [7, 11) is -12.4. The number of nitrogens with one attached hydrogen (secondary N) is 1. The molecule has 27 heteroatoms. The smallest absolute Gasteiger partial charge is 0.311 e. The van der Waals surface area contributed by atoms with Crippen LogP contribution in [0.4, 0.5) is 11.9 Å². The molecule has 0 spiro atoms. The second kappa shape index (κ2) is 31.6. The van der Waals surface area contributed by atoms with E-state index >= 15 is 0 Å². The summed E-state index contributed by atoms with van der Waals surface area (Å²) >= 11 is 2.00. The van der Waals surface area contributed by atoms with Crippen molar-refractivity contribution in [3.8, 4) is 0 Å². The molecular formula is C57H110N8O11S2Si6. The lowest BCUT2D eigenvalue weighted by Gasteiger charge is -2.40. The SMILES string of the molecule is CC[Si](CC)(CC)OC[C@H]1O[C@@H](n2c(=O)sc3c(=O)[nH]c(N)nc32)[C@H](O[Si](CC)(CC)CC)[C@@H]1O[Si](CC)(CC)CC.CC[Si](CC)(CC)OC[C@H]1O[C@@H](n2c(=O)sc3c(C)nc(N)nc32)[C@H](O[Si](CC)(CC)CC)[C@@H]1O[Si](CC)(CC)CC. The highest BCUT2D eigenvalue weighted by atomic mass is 32.1. The molecule has 8 atom stereocenters. The number of fused-ring (bicyclic) bond motifs is 2. The minimum absolute atomic E-state index is 0.0411. The standard InChI is InChI=1S/C29H56N4O5SSi3.C28H54N4O6SSi3/c1-11-40(12-2,13-3)35-20-22-23(37-41(14-4,15-5)16-6)24(38-42(17-7,18-8)19-9)27(36-22)33-26-25(39-29(33)34)21(10)31-28(30)32-26;1-10-40(11-2,12-3)35-19-20-21(37-41(13-4,14-5)15-6)22(38-42(16-7,17-8)18-9)26(36-20)32-24-23(39-28(32)34)25(33)31-27(29)30-24/h22-24,27H,11-20H2,1-10H3,(H2,30,31,32);20-22,26H,10-19H2,1-9H3,(H3,29,30,31,33)/t22-,23-,24-,27-;20-,21-,22-,26-/m11/s1. The van der Waals surface area contributed by atoms with Gasteiger partial charge in [-0.25, -0.2) is 4.98 Å². The van der Waals surface area contributed by atoms with Gasteiger partial charge in [0.05, 0.1) is 23.6 Å². The van der Waals surface area contributed by atoms with Crippen molar-refractivity contribution in [1.82, 2.24) is 29.1 Å². The number of nitrogens with zero attached hydrogens (tertiary/aromatic N) is 5. The maximum atomic E-state index is 13.7. The topological polar surface area (TPSA) is 241 Å². The Hall–Kier alpha value is -2.08. The van der Waals surface area contributed by atoms with Crippen molar-refractivity contribution < 1.29 is 36.0 Å². The summed E-state index contributed by atoms with van der Waals surface area (Å²) in [5, 5.41) is 0. The first kappa shape index (κ1) is 72.7. The molecule has 2 aliphatic heterocycles. The lowest BCUT2D eigenvalue weighted by molar-refractivity contribution is -0.0473. The van der Waals surface area contributed by atoms with Crippen LogP contribution in [0.2, 0.25) is 109 Å². The molecule has 4 aromatic heterocycles. The van der Waals surface area contributed by atoms with Crippen molar-refractivity contribution in [2.75, 3.05) is 24.7 Å². The van der Waals surface area contributed by atoms with E-state index in [-0.39, 0.29) is 44.2 Å². The number of hydrogen-bond acceptors (Lipinski definition) is 18.